The Morgan fingerprint density at radius 1 is 0.760 bits per heavy atom. The smallest absolute Gasteiger partial charge is 0.852 e. The number of ketones is 1. The van der Waals surface area contributed by atoms with Gasteiger partial charge in [-0.2, -0.15) is 0 Å². The van der Waals surface area contributed by atoms with Crippen LogP contribution < -0.4 is 20.4 Å². The van der Waals surface area contributed by atoms with Crippen molar-refractivity contribution in [3.63, 3.8) is 0 Å². The van der Waals surface area contributed by atoms with Gasteiger partial charge in [0, 0.05) is 18.8 Å². The Kier molecular flexibility index (Phi) is 40.8. The maximum absolute atomic E-state index is 10.4. The maximum Gasteiger partial charge on any atom is 4.00 e. The van der Waals surface area contributed by atoms with Gasteiger partial charge in [0.05, 0.1) is 0 Å². The van der Waals surface area contributed by atoms with Gasteiger partial charge in [0.15, 0.2) is 0 Å². The van der Waals surface area contributed by atoms with Gasteiger partial charge in [0.25, 0.3) is 0 Å². The van der Waals surface area contributed by atoms with Crippen LogP contribution in [0.2, 0.25) is 0 Å². The third-order valence-corrected chi connectivity index (χ3v) is 2.60. The fourth-order valence-electron chi connectivity index (χ4n) is 0.528. The third kappa shape index (κ3) is 69.1. The predicted molar refractivity (Wildman–Crippen MR) is 88.8 cm³/mol. The van der Waals surface area contributed by atoms with Crippen LogP contribution in [0.15, 0.2) is 0 Å². The summed E-state index contributed by atoms with van der Waals surface area (Å²) in [7, 11) is 0. The second-order valence-corrected chi connectivity index (χ2v) is 5.49. The van der Waals surface area contributed by atoms with Crippen LogP contribution in [0, 0.1) is 0 Å². The molecule has 0 aliphatic carbocycles. The SMILES string of the molecule is CCC(C)[O-].CCC(C)[O-].CCC(C)[O-].CCCC(=O)CC(=O)[O-].[Ti+4]. The Hall–Kier alpha value is -0.266. The standard InChI is InChI=1S/C6H10O3.3C4H9O.Ti/c1-2-3-5(7)4-6(8)9;3*1-3-4(2)5;/h2-4H2,1H3,(H,8,9);3*4H,3H2,1-2H3;/q;3*-1;+4/p-1. The summed E-state index contributed by atoms with van der Waals surface area (Å²) >= 11 is 0. The normalized spacial score (nSPS) is 12.2. The summed E-state index contributed by atoms with van der Waals surface area (Å²) in [5.74, 6) is -1.54. The minimum atomic E-state index is -1.28. The van der Waals surface area contributed by atoms with Crippen molar-refractivity contribution in [2.45, 2.75) is 105 Å². The van der Waals surface area contributed by atoms with Crippen LogP contribution in [-0.4, -0.2) is 30.1 Å². The fraction of sp³-hybridized carbons (Fsp3) is 0.889. The van der Waals surface area contributed by atoms with E-state index in [0.29, 0.717) is 12.8 Å². The molecule has 6 nitrogen and oxygen atoms in total. The van der Waals surface area contributed by atoms with Crippen LogP contribution in [0.1, 0.15) is 87.0 Å². The minimum Gasteiger partial charge on any atom is -0.852 e. The summed E-state index contributed by atoms with van der Waals surface area (Å²) in [5, 5.41) is 39.4. The van der Waals surface area contributed by atoms with Gasteiger partial charge in [-0.15, -0.1) is 18.3 Å². The van der Waals surface area contributed by atoms with Crippen LogP contribution in [0.5, 0.6) is 0 Å². The maximum atomic E-state index is 10.4. The minimum absolute atomic E-state index is 0. The molecule has 7 heteroatoms. The molecule has 0 heterocycles. The van der Waals surface area contributed by atoms with E-state index in [9.17, 15) is 30.0 Å². The summed E-state index contributed by atoms with van der Waals surface area (Å²) in [6.45, 7) is 12.5. The molecule has 0 aliphatic heterocycles. The summed E-state index contributed by atoms with van der Waals surface area (Å²) in [6.07, 6.45) is 1.76. The first kappa shape index (κ1) is 35.8. The van der Waals surface area contributed by atoms with Crippen LogP contribution >= 0.6 is 0 Å². The van der Waals surface area contributed by atoms with Crippen molar-refractivity contribution in [3.8, 4) is 0 Å². The van der Waals surface area contributed by atoms with E-state index < -0.39 is 12.4 Å². The molecule has 0 aromatic rings. The quantitative estimate of drug-likeness (QED) is 0.438. The molecule has 0 radical (unpaired) electrons. The average molecular weight is 396 g/mol. The zero-order chi connectivity index (χ0) is 20.1. The number of carboxylic acids is 1. The number of aliphatic carboxylic acids is 1. The Balaban J connectivity index is -0.0000000733. The van der Waals surface area contributed by atoms with E-state index in [-0.39, 0.29) is 45.8 Å². The van der Waals surface area contributed by atoms with Crippen LogP contribution in [0.4, 0.5) is 0 Å². The summed E-state index contributed by atoms with van der Waals surface area (Å²) in [5.41, 5.74) is 0. The molecule has 0 amide bonds. The van der Waals surface area contributed by atoms with Crippen LogP contribution in [0.25, 0.3) is 0 Å². The van der Waals surface area contributed by atoms with E-state index in [4.69, 9.17) is 0 Å². The number of Topliss-reactive ketones (excluding diaryl/α,β-unsaturated/α-hetero) is 1. The van der Waals surface area contributed by atoms with Gasteiger partial charge in [-0.3, -0.25) is 4.79 Å². The average Bonchev–Trinajstić information content (AvgIpc) is 2.48. The van der Waals surface area contributed by atoms with Gasteiger partial charge in [0.2, 0.25) is 0 Å². The molecule has 0 saturated carbocycles. The van der Waals surface area contributed by atoms with E-state index in [1.54, 1.807) is 20.8 Å². The molecule has 0 aliphatic rings. The molecule has 0 aromatic heterocycles. The van der Waals surface area contributed by atoms with Gasteiger partial charge in [-0.25, -0.2) is 0 Å². The van der Waals surface area contributed by atoms with Gasteiger partial charge < -0.3 is 25.2 Å². The Labute approximate surface area is 168 Å². The van der Waals surface area contributed by atoms with Crippen molar-refractivity contribution in [2.75, 3.05) is 0 Å². The van der Waals surface area contributed by atoms with E-state index in [1.165, 1.54) is 0 Å². The molecule has 0 bridgehead atoms. The zero-order valence-electron chi connectivity index (χ0n) is 16.9. The second-order valence-electron chi connectivity index (χ2n) is 5.49. The number of carbonyl (C=O) groups is 2. The second kappa shape index (κ2) is 28.5. The van der Waals surface area contributed by atoms with Gasteiger partial charge in [-0.05, 0) is 6.42 Å². The van der Waals surface area contributed by atoms with Crippen molar-refractivity contribution >= 4 is 11.8 Å². The zero-order valence-corrected chi connectivity index (χ0v) is 18.5. The first-order valence-corrected chi connectivity index (χ1v) is 8.67. The molecule has 0 aromatic carbocycles. The van der Waals surface area contributed by atoms with E-state index >= 15 is 0 Å². The molecule has 25 heavy (non-hydrogen) atoms. The largest absolute Gasteiger partial charge is 4.00 e. The van der Waals surface area contributed by atoms with E-state index in [1.807, 2.05) is 27.7 Å². The van der Waals surface area contributed by atoms with Gasteiger partial charge in [0.1, 0.15) is 5.78 Å². The number of hydrogen-bond donors (Lipinski definition) is 0. The van der Waals surface area contributed by atoms with Crippen molar-refractivity contribution < 1.29 is 51.7 Å². The van der Waals surface area contributed by atoms with Crippen molar-refractivity contribution in [1.82, 2.24) is 0 Å². The molecule has 3 atom stereocenters. The first-order valence-electron chi connectivity index (χ1n) is 8.67. The first-order chi connectivity index (χ1) is 11.0. The Bertz CT molecular complexity index is 249. The van der Waals surface area contributed by atoms with Crippen molar-refractivity contribution in [2.24, 2.45) is 0 Å². The molecule has 0 spiro atoms. The predicted octanol–water partition coefficient (Wildman–Crippen LogP) is -0.0713. The molecule has 0 N–H and O–H groups in total. The Morgan fingerprint density at radius 3 is 1.12 bits per heavy atom. The number of carboxylic acid groups (broad SMARTS) is 1. The number of carbonyl (C=O) groups excluding carboxylic acids is 2. The van der Waals surface area contributed by atoms with Crippen LogP contribution in [-0.2, 0) is 31.3 Å². The Morgan fingerprint density at radius 2 is 1.00 bits per heavy atom. The number of rotatable bonds is 7. The molecule has 148 valence electrons. The van der Waals surface area contributed by atoms with E-state index in [0.717, 1.165) is 19.3 Å². The van der Waals surface area contributed by atoms with Gasteiger partial charge >= 0.3 is 21.7 Å². The summed E-state index contributed by atoms with van der Waals surface area (Å²) in [4.78, 5) is 20.2. The van der Waals surface area contributed by atoms with Crippen molar-refractivity contribution in [3.05, 3.63) is 0 Å². The number of hydrogen-bond acceptors (Lipinski definition) is 6. The third-order valence-electron chi connectivity index (χ3n) is 2.60. The molecular weight excluding hydrogens is 360 g/mol. The molecule has 0 rings (SSSR count). The molecule has 0 saturated heterocycles. The van der Waals surface area contributed by atoms with E-state index in [2.05, 4.69) is 0 Å². The topological polar surface area (TPSA) is 126 Å². The molecule has 3 unspecified atom stereocenters. The summed E-state index contributed by atoms with van der Waals surface area (Å²) < 4.78 is 0. The van der Waals surface area contributed by atoms with Gasteiger partial charge in [-0.1, -0.05) is 67.7 Å². The van der Waals surface area contributed by atoms with Crippen molar-refractivity contribution in [1.29, 1.82) is 0 Å². The monoisotopic (exact) mass is 396 g/mol. The molecular formula is C18H36O6Ti. The fourth-order valence-corrected chi connectivity index (χ4v) is 0.528. The summed E-state index contributed by atoms with van der Waals surface area (Å²) in [6, 6.07) is 0. The molecule has 0 fully saturated rings. The van der Waals surface area contributed by atoms with Crippen LogP contribution in [0.3, 0.4) is 0 Å².